The predicted octanol–water partition coefficient (Wildman–Crippen LogP) is 3.75. The van der Waals surface area contributed by atoms with Gasteiger partial charge in [-0.25, -0.2) is 4.90 Å². The molecule has 6 nitrogen and oxygen atoms in total. The fourth-order valence-electron chi connectivity index (χ4n) is 3.16. The van der Waals surface area contributed by atoms with Crippen LogP contribution in [-0.4, -0.2) is 24.8 Å². The highest BCUT2D eigenvalue weighted by Crippen LogP contribution is 2.30. The minimum atomic E-state index is -0.417. The van der Waals surface area contributed by atoms with Crippen molar-refractivity contribution in [1.29, 1.82) is 0 Å². The zero-order chi connectivity index (χ0) is 19.7. The Labute approximate surface area is 161 Å². The Morgan fingerprint density at radius 3 is 2.29 bits per heavy atom. The van der Waals surface area contributed by atoms with Gasteiger partial charge in [-0.05, 0) is 42.5 Å². The first-order chi connectivity index (χ1) is 13.6. The first-order valence-electron chi connectivity index (χ1n) is 8.62. The van der Waals surface area contributed by atoms with Crippen molar-refractivity contribution < 1.29 is 19.1 Å². The highest BCUT2D eigenvalue weighted by Gasteiger charge is 2.36. The molecule has 0 atom stereocenters. The Morgan fingerprint density at radius 2 is 1.54 bits per heavy atom. The average molecular weight is 372 g/mol. The maximum atomic E-state index is 12.8. The van der Waals surface area contributed by atoms with Gasteiger partial charge < -0.3 is 10.1 Å². The third-order valence-electron chi connectivity index (χ3n) is 4.51. The van der Waals surface area contributed by atoms with E-state index in [2.05, 4.69) is 5.32 Å². The molecule has 0 spiro atoms. The number of hydrogen-bond donors (Lipinski definition) is 1. The van der Waals surface area contributed by atoms with Crippen molar-refractivity contribution in [3.05, 3.63) is 89.5 Å². The van der Waals surface area contributed by atoms with Crippen LogP contribution < -0.4 is 15.0 Å². The van der Waals surface area contributed by atoms with Gasteiger partial charge in [-0.2, -0.15) is 0 Å². The maximum absolute atomic E-state index is 12.8. The summed E-state index contributed by atoms with van der Waals surface area (Å²) in [6.45, 7) is 0. The van der Waals surface area contributed by atoms with Gasteiger partial charge in [0.25, 0.3) is 17.7 Å². The molecule has 3 amide bonds. The number of imide groups is 1. The number of para-hydroxylation sites is 2. The summed E-state index contributed by atoms with van der Waals surface area (Å²) in [6, 6.07) is 20.3. The first-order valence-corrected chi connectivity index (χ1v) is 8.62. The van der Waals surface area contributed by atoms with E-state index in [1.807, 2.05) is 6.07 Å². The minimum Gasteiger partial charge on any atom is -0.496 e. The van der Waals surface area contributed by atoms with E-state index in [0.29, 0.717) is 28.3 Å². The van der Waals surface area contributed by atoms with Crippen LogP contribution in [0.2, 0.25) is 0 Å². The third-order valence-corrected chi connectivity index (χ3v) is 4.51. The molecule has 28 heavy (non-hydrogen) atoms. The summed E-state index contributed by atoms with van der Waals surface area (Å²) in [5.74, 6) is -0.717. The van der Waals surface area contributed by atoms with Gasteiger partial charge in [0.2, 0.25) is 0 Å². The maximum Gasteiger partial charge on any atom is 0.266 e. The van der Waals surface area contributed by atoms with E-state index in [9.17, 15) is 14.4 Å². The quantitative estimate of drug-likeness (QED) is 0.708. The molecule has 0 radical (unpaired) electrons. The van der Waals surface area contributed by atoms with Crippen LogP contribution in [0.15, 0.2) is 72.8 Å². The monoisotopic (exact) mass is 372 g/mol. The van der Waals surface area contributed by atoms with Gasteiger partial charge in [0.15, 0.2) is 0 Å². The molecule has 0 aromatic heterocycles. The van der Waals surface area contributed by atoms with Crippen molar-refractivity contribution in [2.75, 3.05) is 17.3 Å². The number of methoxy groups -OCH3 is 1. The molecule has 3 aromatic rings. The van der Waals surface area contributed by atoms with E-state index in [1.165, 1.54) is 13.2 Å². The number of fused-ring (bicyclic) bond motifs is 1. The second-order valence-electron chi connectivity index (χ2n) is 6.20. The van der Waals surface area contributed by atoms with Crippen LogP contribution >= 0.6 is 0 Å². The molecule has 1 aliphatic heterocycles. The van der Waals surface area contributed by atoms with Gasteiger partial charge in [0, 0.05) is 5.69 Å². The molecule has 1 heterocycles. The highest BCUT2D eigenvalue weighted by atomic mass is 16.5. The molecule has 0 unspecified atom stereocenters. The SMILES string of the molecule is COc1ccccc1C(=O)Nc1ccc2c(c1)C(=O)N(c1ccccc1)C2=O. The van der Waals surface area contributed by atoms with Gasteiger partial charge in [-0.15, -0.1) is 0 Å². The van der Waals surface area contributed by atoms with Gasteiger partial charge in [-0.3, -0.25) is 14.4 Å². The Bertz CT molecular complexity index is 1090. The summed E-state index contributed by atoms with van der Waals surface area (Å²) in [5.41, 5.74) is 1.87. The number of rotatable bonds is 4. The van der Waals surface area contributed by atoms with Crippen molar-refractivity contribution in [3.8, 4) is 5.75 Å². The molecule has 0 aliphatic carbocycles. The second-order valence-corrected chi connectivity index (χ2v) is 6.20. The van der Waals surface area contributed by atoms with E-state index in [-0.39, 0.29) is 17.4 Å². The second kappa shape index (κ2) is 7.00. The number of carbonyl (C=O) groups is 3. The Morgan fingerprint density at radius 1 is 0.857 bits per heavy atom. The van der Waals surface area contributed by atoms with Crippen LogP contribution in [0.25, 0.3) is 0 Å². The van der Waals surface area contributed by atoms with Crippen LogP contribution in [0.1, 0.15) is 31.1 Å². The molecule has 1 aliphatic rings. The van der Waals surface area contributed by atoms with E-state index in [0.717, 1.165) is 4.90 Å². The number of carbonyl (C=O) groups excluding carboxylic acids is 3. The Balaban J connectivity index is 1.63. The smallest absolute Gasteiger partial charge is 0.266 e. The molecule has 0 fully saturated rings. The summed E-state index contributed by atoms with van der Waals surface area (Å²) in [4.78, 5) is 39.1. The van der Waals surface area contributed by atoms with Crippen molar-refractivity contribution in [1.82, 2.24) is 0 Å². The molecule has 1 N–H and O–H groups in total. The summed E-state index contributed by atoms with van der Waals surface area (Å²) in [7, 11) is 1.49. The lowest BCUT2D eigenvalue weighted by Gasteiger charge is -2.13. The topological polar surface area (TPSA) is 75.7 Å². The lowest BCUT2D eigenvalue weighted by molar-refractivity contribution is 0.0924. The van der Waals surface area contributed by atoms with Crippen molar-refractivity contribution in [2.45, 2.75) is 0 Å². The van der Waals surface area contributed by atoms with Gasteiger partial charge >= 0.3 is 0 Å². The number of anilines is 2. The molecule has 6 heteroatoms. The van der Waals surface area contributed by atoms with Crippen molar-refractivity contribution in [3.63, 3.8) is 0 Å². The van der Waals surface area contributed by atoms with Gasteiger partial charge in [-0.1, -0.05) is 30.3 Å². The van der Waals surface area contributed by atoms with Crippen LogP contribution in [0.4, 0.5) is 11.4 Å². The zero-order valence-electron chi connectivity index (χ0n) is 15.0. The molecule has 4 rings (SSSR count). The van der Waals surface area contributed by atoms with E-state index in [1.54, 1.807) is 60.7 Å². The third kappa shape index (κ3) is 2.91. The highest BCUT2D eigenvalue weighted by molar-refractivity contribution is 6.34. The minimum absolute atomic E-state index is 0.256. The summed E-state index contributed by atoms with van der Waals surface area (Å²) < 4.78 is 5.21. The molecule has 0 saturated carbocycles. The van der Waals surface area contributed by atoms with Crippen LogP contribution in [0.3, 0.4) is 0 Å². The zero-order valence-corrected chi connectivity index (χ0v) is 15.0. The standard InChI is InChI=1S/C22H16N2O4/c1-28-19-10-6-5-9-17(19)20(25)23-14-11-12-16-18(13-14)22(27)24(21(16)26)15-7-3-2-4-8-15/h2-13H,1H3,(H,23,25). The number of amides is 3. The number of nitrogens with zero attached hydrogens (tertiary/aromatic N) is 1. The van der Waals surface area contributed by atoms with Gasteiger partial charge in [0.05, 0.1) is 29.5 Å². The number of ether oxygens (including phenoxy) is 1. The lowest BCUT2D eigenvalue weighted by atomic mass is 10.1. The number of hydrogen-bond acceptors (Lipinski definition) is 4. The normalized spacial score (nSPS) is 12.7. The molecule has 0 bridgehead atoms. The van der Waals surface area contributed by atoms with Crippen molar-refractivity contribution >= 4 is 29.1 Å². The summed E-state index contributed by atoms with van der Waals surface area (Å²) in [5, 5.41) is 2.75. The molecule has 138 valence electrons. The van der Waals surface area contributed by atoms with Crippen LogP contribution in [-0.2, 0) is 0 Å². The van der Waals surface area contributed by atoms with Crippen LogP contribution in [0, 0.1) is 0 Å². The summed E-state index contributed by atoms with van der Waals surface area (Å²) >= 11 is 0. The number of nitrogens with one attached hydrogen (secondary N) is 1. The largest absolute Gasteiger partial charge is 0.496 e. The molecule has 3 aromatic carbocycles. The predicted molar refractivity (Wildman–Crippen MR) is 105 cm³/mol. The van der Waals surface area contributed by atoms with Gasteiger partial charge in [0.1, 0.15) is 5.75 Å². The Kier molecular flexibility index (Phi) is 4.37. The number of benzene rings is 3. The fourth-order valence-corrected chi connectivity index (χ4v) is 3.16. The first kappa shape index (κ1) is 17.5. The van der Waals surface area contributed by atoms with Crippen LogP contribution in [0.5, 0.6) is 5.75 Å². The average Bonchev–Trinajstić information content (AvgIpc) is 2.98. The molecule has 0 saturated heterocycles. The van der Waals surface area contributed by atoms with E-state index >= 15 is 0 Å². The lowest BCUT2D eigenvalue weighted by Crippen LogP contribution is -2.29. The van der Waals surface area contributed by atoms with E-state index < -0.39 is 5.91 Å². The molecular weight excluding hydrogens is 356 g/mol. The Hall–Kier alpha value is -3.93. The fraction of sp³-hybridized carbons (Fsp3) is 0.0455. The molecular formula is C22H16N2O4. The summed E-state index contributed by atoms with van der Waals surface area (Å²) in [6.07, 6.45) is 0. The van der Waals surface area contributed by atoms with E-state index in [4.69, 9.17) is 4.74 Å². The van der Waals surface area contributed by atoms with Crippen molar-refractivity contribution in [2.24, 2.45) is 0 Å².